The second kappa shape index (κ2) is 2.47. The number of nitrogens with zero attached hydrogens (tertiary/aromatic N) is 2. The zero-order valence-electron chi connectivity index (χ0n) is 5.83. The molecule has 0 aliphatic carbocycles. The van der Waals surface area contributed by atoms with E-state index in [9.17, 15) is 0 Å². The van der Waals surface area contributed by atoms with Crippen LogP contribution in [0.1, 0.15) is 11.5 Å². The largest absolute Gasteiger partial charge is 0.307 e. The molecule has 1 aromatic rings. The lowest BCUT2D eigenvalue weighted by atomic mass is 10.5. The van der Waals surface area contributed by atoms with Gasteiger partial charge in [0.1, 0.15) is 5.82 Å². The third-order valence-corrected chi connectivity index (χ3v) is 1.34. The number of aryl methyl sites for hydroxylation is 1. The van der Waals surface area contributed by atoms with Gasteiger partial charge in [-0.3, -0.25) is 0 Å². The molecule has 0 aliphatic rings. The second-order valence-corrected chi connectivity index (χ2v) is 1.93. The Morgan fingerprint density at radius 2 is 2.50 bits per heavy atom. The van der Waals surface area contributed by atoms with Crippen LogP contribution in [0, 0.1) is 12.3 Å². The Labute approximate surface area is 59.5 Å². The van der Waals surface area contributed by atoms with Crippen LogP contribution in [-0.2, 0) is 0 Å². The predicted octanol–water partition coefficient (Wildman–Crippen LogP) is 1.29. The van der Waals surface area contributed by atoms with Gasteiger partial charge in [0.2, 0.25) is 0 Å². The molecule has 0 saturated carbocycles. The van der Waals surface area contributed by atoms with Crippen molar-refractivity contribution in [2.75, 3.05) is 0 Å². The quantitative estimate of drug-likeness (QED) is 0.610. The highest BCUT2D eigenvalue weighted by molar-refractivity contribution is 5.75. The van der Waals surface area contributed by atoms with Crippen LogP contribution < -0.4 is 0 Å². The summed E-state index contributed by atoms with van der Waals surface area (Å²) in [6.45, 7) is 5.46. The molecule has 0 bridgehead atoms. The van der Waals surface area contributed by atoms with Crippen molar-refractivity contribution in [1.29, 1.82) is 5.41 Å². The molecule has 1 heterocycles. The zero-order valence-corrected chi connectivity index (χ0v) is 5.83. The molecule has 1 N–H and O–H groups in total. The van der Waals surface area contributed by atoms with Crippen molar-refractivity contribution in [2.24, 2.45) is 0 Å². The fraction of sp³-hybridized carbons (Fsp3) is 0.143. The molecule has 1 rings (SSSR count). The molecule has 3 heteroatoms. The standard InChI is InChI=1S/C7H9N3/c1-3-10-6(2)9-5-7(10)4-8/h3-5,8H,1H2,2H3. The lowest BCUT2D eigenvalue weighted by molar-refractivity contribution is 1.02. The molecule has 3 nitrogen and oxygen atoms in total. The normalized spacial score (nSPS) is 9.30. The van der Waals surface area contributed by atoms with Crippen molar-refractivity contribution in [3.8, 4) is 0 Å². The van der Waals surface area contributed by atoms with E-state index in [4.69, 9.17) is 5.41 Å². The summed E-state index contributed by atoms with van der Waals surface area (Å²) < 4.78 is 1.76. The van der Waals surface area contributed by atoms with Crippen LogP contribution in [0.5, 0.6) is 0 Å². The van der Waals surface area contributed by atoms with Gasteiger partial charge in [-0.2, -0.15) is 0 Å². The van der Waals surface area contributed by atoms with Crippen LogP contribution in [0.3, 0.4) is 0 Å². The summed E-state index contributed by atoms with van der Waals surface area (Å²) in [5, 5.41) is 6.97. The summed E-state index contributed by atoms with van der Waals surface area (Å²) in [5.41, 5.74) is 0.757. The third kappa shape index (κ3) is 0.857. The van der Waals surface area contributed by atoms with E-state index in [2.05, 4.69) is 11.6 Å². The minimum atomic E-state index is 0.757. The minimum Gasteiger partial charge on any atom is -0.307 e. The fourth-order valence-electron chi connectivity index (χ4n) is 0.815. The number of nitrogens with one attached hydrogen (secondary N) is 1. The van der Waals surface area contributed by atoms with Crippen LogP contribution in [-0.4, -0.2) is 15.8 Å². The van der Waals surface area contributed by atoms with Crippen LogP contribution in [0.25, 0.3) is 6.20 Å². The molecule has 0 unspecified atom stereocenters. The Morgan fingerprint density at radius 1 is 1.80 bits per heavy atom. The number of imidazole rings is 1. The van der Waals surface area contributed by atoms with Gasteiger partial charge in [0, 0.05) is 12.4 Å². The lowest BCUT2D eigenvalue weighted by Crippen LogP contribution is -1.93. The van der Waals surface area contributed by atoms with E-state index in [-0.39, 0.29) is 0 Å². The highest BCUT2D eigenvalue weighted by Gasteiger charge is 1.98. The maximum Gasteiger partial charge on any atom is 0.110 e. The van der Waals surface area contributed by atoms with Gasteiger partial charge < -0.3 is 9.98 Å². The van der Waals surface area contributed by atoms with Crippen molar-refractivity contribution in [3.63, 3.8) is 0 Å². The van der Waals surface area contributed by atoms with Gasteiger partial charge in [-0.05, 0) is 6.92 Å². The summed E-state index contributed by atoms with van der Waals surface area (Å²) in [7, 11) is 0. The minimum absolute atomic E-state index is 0.757. The maximum absolute atomic E-state index is 6.97. The van der Waals surface area contributed by atoms with E-state index in [0.717, 1.165) is 11.5 Å². The smallest absolute Gasteiger partial charge is 0.110 e. The van der Waals surface area contributed by atoms with Gasteiger partial charge in [-0.1, -0.05) is 6.58 Å². The molecular weight excluding hydrogens is 126 g/mol. The van der Waals surface area contributed by atoms with Gasteiger partial charge in [0.15, 0.2) is 0 Å². The molecule has 0 amide bonds. The summed E-state index contributed by atoms with van der Waals surface area (Å²) in [4.78, 5) is 4.00. The summed E-state index contributed by atoms with van der Waals surface area (Å²) in [5.74, 6) is 0.855. The van der Waals surface area contributed by atoms with Crippen molar-refractivity contribution in [2.45, 2.75) is 6.92 Å². The first-order valence-electron chi connectivity index (χ1n) is 2.96. The van der Waals surface area contributed by atoms with Crippen LogP contribution >= 0.6 is 0 Å². The van der Waals surface area contributed by atoms with Crippen LogP contribution in [0.2, 0.25) is 0 Å². The van der Waals surface area contributed by atoms with Crippen molar-refractivity contribution in [3.05, 3.63) is 24.3 Å². The topological polar surface area (TPSA) is 41.7 Å². The number of hydrogen-bond acceptors (Lipinski definition) is 2. The van der Waals surface area contributed by atoms with E-state index in [1.807, 2.05) is 6.92 Å². The van der Waals surface area contributed by atoms with E-state index >= 15 is 0 Å². The highest BCUT2D eigenvalue weighted by Crippen LogP contribution is 2.00. The van der Waals surface area contributed by atoms with E-state index in [0.29, 0.717) is 0 Å². The first-order chi connectivity index (χ1) is 4.79. The Morgan fingerprint density at radius 3 is 2.90 bits per heavy atom. The SMILES string of the molecule is C=Cn1c(C=N)cnc1C. The number of aromatic nitrogens is 2. The van der Waals surface area contributed by atoms with Gasteiger partial charge in [-0.15, -0.1) is 0 Å². The molecule has 0 aliphatic heterocycles. The second-order valence-electron chi connectivity index (χ2n) is 1.93. The molecule has 0 saturated heterocycles. The summed E-state index contributed by atoms with van der Waals surface area (Å²) >= 11 is 0. The molecule has 0 spiro atoms. The van der Waals surface area contributed by atoms with Crippen molar-refractivity contribution >= 4 is 12.4 Å². The Kier molecular flexibility index (Phi) is 1.67. The Balaban J connectivity index is 3.25. The summed E-state index contributed by atoms with van der Waals surface area (Å²) in [6, 6.07) is 0. The molecule has 0 radical (unpaired) electrons. The summed E-state index contributed by atoms with van der Waals surface area (Å²) in [6.07, 6.45) is 4.54. The van der Waals surface area contributed by atoms with Crippen molar-refractivity contribution in [1.82, 2.24) is 9.55 Å². The van der Waals surface area contributed by atoms with Crippen LogP contribution in [0.4, 0.5) is 0 Å². The van der Waals surface area contributed by atoms with E-state index < -0.39 is 0 Å². The first kappa shape index (κ1) is 6.74. The monoisotopic (exact) mass is 135 g/mol. The molecular formula is C7H9N3. The predicted molar refractivity (Wildman–Crippen MR) is 41.2 cm³/mol. The lowest BCUT2D eigenvalue weighted by Gasteiger charge is -1.96. The van der Waals surface area contributed by atoms with Crippen molar-refractivity contribution < 1.29 is 0 Å². The number of hydrogen-bond donors (Lipinski definition) is 1. The Bertz CT molecular complexity index is 260. The maximum atomic E-state index is 6.97. The molecule has 0 aromatic carbocycles. The van der Waals surface area contributed by atoms with Gasteiger partial charge in [0.25, 0.3) is 0 Å². The molecule has 1 aromatic heterocycles. The molecule has 0 atom stereocenters. The highest BCUT2D eigenvalue weighted by atomic mass is 15.1. The molecule has 52 valence electrons. The Hall–Kier alpha value is -1.38. The fourth-order valence-corrected chi connectivity index (χ4v) is 0.815. The van der Waals surface area contributed by atoms with Crippen LogP contribution in [0.15, 0.2) is 12.8 Å². The van der Waals surface area contributed by atoms with Gasteiger partial charge in [0.05, 0.1) is 11.9 Å². The van der Waals surface area contributed by atoms with Gasteiger partial charge >= 0.3 is 0 Å². The van der Waals surface area contributed by atoms with E-state index in [1.54, 1.807) is 17.0 Å². The van der Waals surface area contributed by atoms with E-state index in [1.165, 1.54) is 6.21 Å². The zero-order chi connectivity index (χ0) is 7.56. The molecule has 10 heavy (non-hydrogen) atoms. The average molecular weight is 135 g/mol. The third-order valence-electron chi connectivity index (χ3n) is 1.34. The number of rotatable bonds is 2. The van der Waals surface area contributed by atoms with Gasteiger partial charge in [-0.25, -0.2) is 4.98 Å². The average Bonchev–Trinajstić information content (AvgIpc) is 2.30. The molecule has 0 fully saturated rings. The first-order valence-corrected chi connectivity index (χ1v) is 2.96.